The topological polar surface area (TPSA) is 82.6 Å². The fraction of sp³-hybridized carbons (Fsp3) is 0.154. The molecular formula is C13H12N5O+. The van der Waals surface area contributed by atoms with E-state index in [1.165, 1.54) is 6.20 Å². The first-order valence-electron chi connectivity index (χ1n) is 5.72. The number of rotatable bonds is 5. The predicted octanol–water partition coefficient (Wildman–Crippen LogP) is 1.91. The van der Waals surface area contributed by atoms with Gasteiger partial charge in [0.05, 0.1) is 12.7 Å². The van der Waals surface area contributed by atoms with Gasteiger partial charge in [0, 0.05) is 10.5 Å². The summed E-state index contributed by atoms with van der Waals surface area (Å²) >= 11 is 0. The van der Waals surface area contributed by atoms with Crippen LogP contribution >= 0.6 is 0 Å². The number of carbonyl (C=O) groups excluding carboxylic acids is 1. The van der Waals surface area contributed by atoms with Crippen LogP contribution in [0.3, 0.4) is 0 Å². The van der Waals surface area contributed by atoms with Crippen molar-refractivity contribution in [2.45, 2.75) is 6.54 Å². The van der Waals surface area contributed by atoms with Gasteiger partial charge in [0.2, 0.25) is 5.78 Å². The zero-order chi connectivity index (χ0) is 13.5. The number of aromatic nitrogens is 2. The second-order valence-electron chi connectivity index (χ2n) is 3.89. The monoisotopic (exact) mass is 254 g/mol. The Morgan fingerprint density at radius 2 is 2.16 bits per heavy atom. The van der Waals surface area contributed by atoms with Crippen LogP contribution in [0.15, 0.2) is 54.0 Å². The SMILES string of the molecule is [N-]=[N+]=NCC(=O)c1cncc[n+]1Cc1ccccc1. The quantitative estimate of drug-likeness (QED) is 0.268. The largest absolute Gasteiger partial charge is 0.287 e. The molecule has 0 saturated heterocycles. The van der Waals surface area contributed by atoms with Gasteiger partial charge in [-0.05, 0) is 5.53 Å². The third-order valence-corrected chi connectivity index (χ3v) is 2.60. The molecule has 1 heterocycles. The number of benzene rings is 1. The van der Waals surface area contributed by atoms with E-state index in [1.54, 1.807) is 17.0 Å². The Hall–Kier alpha value is -2.72. The maximum atomic E-state index is 11.9. The summed E-state index contributed by atoms with van der Waals surface area (Å²) in [5.74, 6) is -0.248. The van der Waals surface area contributed by atoms with Gasteiger partial charge in [0.1, 0.15) is 6.20 Å². The number of azide groups is 1. The molecule has 0 atom stereocenters. The zero-order valence-corrected chi connectivity index (χ0v) is 10.2. The molecule has 0 bridgehead atoms. The maximum absolute atomic E-state index is 11.9. The van der Waals surface area contributed by atoms with E-state index in [9.17, 15) is 4.79 Å². The van der Waals surface area contributed by atoms with Crippen molar-refractivity contribution in [2.75, 3.05) is 6.54 Å². The average molecular weight is 254 g/mol. The van der Waals surface area contributed by atoms with E-state index < -0.39 is 0 Å². The molecule has 0 fully saturated rings. The molecule has 6 nitrogen and oxygen atoms in total. The summed E-state index contributed by atoms with van der Waals surface area (Å²) in [5.41, 5.74) is 9.76. The summed E-state index contributed by atoms with van der Waals surface area (Å²) in [4.78, 5) is 18.4. The van der Waals surface area contributed by atoms with Crippen molar-refractivity contribution >= 4 is 5.78 Å². The molecule has 19 heavy (non-hydrogen) atoms. The lowest BCUT2D eigenvalue weighted by atomic mass is 10.2. The minimum absolute atomic E-state index is 0.197. The number of nitrogens with zero attached hydrogens (tertiary/aromatic N) is 5. The van der Waals surface area contributed by atoms with Gasteiger partial charge >= 0.3 is 0 Å². The van der Waals surface area contributed by atoms with Crippen LogP contribution in [0.4, 0.5) is 0 Å². The van der Waals surface area contributed by atoms with Crippen LogP contribution < -0.4 is 4.57 Å². The van der Waals surface area contributed by atoms with Gasteiger partial charge in [-0.15, -0.1) is 0 Å². The van der Waals surface area contributed by atoms with Crippen LogP contribution in [-0.2, 0) is 6.54 Å². The molecule has 0 saturated carbocycles. The Balaban J connectivity index is 2.26. The van der Waals surface area contributed by atoms with Gasteiger partial charge in [-0.2, -0.15) is 4.57 Å². The van der Waals surface area contributed by atoms with Gasteiger partial charge in [0.25, 0.3) is 5.69 Å². The van der Waals surface area contributed by atoms with Gasteiger partial charge in [-0.3, -0.25) is 9.78 Å². The summed E-state index contributed by atoms with van der Waals surface area (Å²) in [5, 5.41) is 3.29. The lowest BCUT2D eigenvalue weighted by molar-refractivity contribution is -0.690. The summed E-state index contributed by atoms with van der Waals surface area (Å²) in [6.07, 6.45) is 4.84. The number of ketones is 1. The Kier molecular flexibility index (Phi) is 4.21. The predicted molar refractivity (Wildman–Crippen MR) is 68.3 cm³/mol. The van der Waals surface area contributed by atoms with Crippen molar-refractivity contribution in [3.05, 3.63) is 70.6 Å². The molecule has 0 aliphatic heterocycles. The van der Waals surface area contributed by atoms with Crippen molar-refractivity contribution in [1.29, 1.82) is 0 Å². The highest BCUT2D eigenvalue weighted by atomic mass is 16.1. The second-order valence-corrected chi connectivity index (χ2v) is 3.89. The summed E-state index contributed by atoms with van der Waals surface area (Å²) in [6.45, 7) is 0.373. The van der Waals surface area contributed by atoms with E-state index >= 15 is 0 Å². The fourth-order valence-corrected chi connectivity index (χ4v) is 1.71. The van der Waals surface area contributed by atoms with Crippen molar-refractivity contribution in [2.24, 2.45) is 5.11 Å². The third-order valence-electron chi connectivity index (χ3n) is 2.60. The van der Waals surface area contributed by atoms with E-state index in [0.29, 0.717) is 12.2 Å². The Morgan fingerprint density at radius 1 is 1.37 bits per heavy atom. The number of hydrogen-bond donors (Lipinski definition) is 0. The second kappa shape index (κ2) is 6.28. The Morgan fingerprint density at radius 3 is 2.89 bits per heavy atom. The maximum Gasteiger partial charge on any atom is 0.267 e. The molecule has 0 spiro atoms. The van der Waals surface area contributed by atoms with E-state index in [-0.39, 0.29) is 12.3 Å². The third kappa shape index (κ3) is 3.37. The molecule has 0 N–H and O–H groups in total. The molecule has 0 unspecified atom stereocenters. The molecule has 1 aromatic heterocycles. The molecule has 1 aromatic carbocycles. The number of hydrogen-bond acceptors (Lipinski definition) is 3. The molecule has 6 heteroatoms. The van der Waals surface area contributed by atoms with Gasteiger partial charge < -0.3 is 0 Å². The molecule has 0 radical (unpaired) electrons. The minimum atomic E-state index is -0.248. The van der Waals surface area contributed by atoms with Crippen molar-refractivity contribution in [1.82, 2.24) is 4.98 Å². The molecular weight excluding hydrogens is 242 g/mol. The first kappa shape index (κ1) is 12.7. The number of Topliss-reactive ketones (excluding diaryl/α,β-unsaturated/α-hetero) is 1. The van der Waals surface area contributed by atoms with Crippen LogP contribution in [-0.4, -0.2) is 17.3 Å². The molecule has 2 rings (SSSR count). The Bertz CT molecular complexity index is 620. The number of carbonyl (C=O) groups is 1. The Labute approximate surface area is 110 Å². The molecule has 0 amide bonds. The van der Waals surface area contributed by atoms with Crippen molar-refractivity contribution in [3.63, 3.8) is 0 Å². The minimum Gasteiger partial charge on any atom is -0.287 e. The van der Waals surface area contributed by atoms with E-state index in [0.717, 1.165) is 5.56 Å². The zero-order valence-electron chi connectivity index (χ0n) is 10.2. The van der Waals surface area contributed by atoms with Gasteiger partial charge in [0.15, 0.2) is 12.7 Å². The van der Waals surface area contributed by atoms with E-state index in [2.05, 4.69) is 15.0 Å². The van der Waals surface area contributed by atoms with E-state index in [4.69, 9.17) is 5.53 Å². The first-order valence-corrected chi connectivity index (χ1v) is 5.72. The summed E-state index contributed by atoms with van der Waals surface area (Å²) < 4.78 is 1.79. The standard InChI is InChI=1S/C13H12N5O/c14-17-16-9-13(19)12-8-15-6-7-18(12)10-11-4-2-1-3-5-11/h1-8H,9-10H2/q+1. The van der Waals surface area contributed by atoms with Crippen LogP contribution in [0.1, 0.15) is 16.1 Å². The normalized spacial score (nSPS) is 9.68. The smallest absolute Gasteiger partial charge is 0.267 e. The van der Waals surface area contributed by atoms with Crippen molar-refractivity contribution < 1.29 is 9.36 Å². The highest BCUT2D eigenvalue weighted by Gasteiger charge is 2.18. The fourth-order valence-electron chi connectivity index (χ4n) is 1.71. The van der Waals surface area contributed by atoms with Crippen molar-refractivity contribution in [3.8, 4) is 0 Å². The highest BCUT2D eigenvalue weighted by Crippen LogP contribution is 1.99. The van der Waals surface area contributed by atoms with Crippen LogP contribution in [0.2, 0.25) is 0 Å². The lowest BCUT2D eigenvalue weighted by Gasteiger charge is -2.01. The average Bonchev–Trinajstić information content (AvgIpc) is 2.46. The van der Waals surface area contributed by atoms with Crippen LogP contribution in [0.5, 0.6) is 0 Å². The summed E-state index contributed by atoms with van der Waals surface area (Å²) in [7, 11) is 0. The van der Waals surface area contributed by atoms with Crippen LogP contribution in [0.25, 0.3) is 10.4 Å². The lowest BCUT2D eigenvalue weighted by Crippen LogP contribution is -2.41. The summed E-state index contributed by atoms with van der Waals surface area (Å²) in [6, 6.07) is 9.79. The van der Waals surface area contributed by atoms with Gasteiger partial charge in [-0.25, -0.2) is 0 Å². The molecule has 94 valence electrons. The molecule has 0 aliphatic carbocycles. The van der Waals surface area contributed by atoms with E-state index in [1.807, 2.05) is 30.3 Å². The molecule has 0 aliphatic rings. The molecule has 2 aromatic rings. The highest BCUT2D eigenvalue weighted by molar-refractivity contribution is 5.94. The van der Waals surface area contributed by atoms with Gasteiger partial charge in [-0.1, -0.05) is 35.4 Å². The van der Waals surface area contributed by atoms with Crippen LogP contribution in [0, 0.1) is 0 Å². The first-order chi connectivity index (χ1) is 9.31.